The summed E-state index contributed by atoms with van der Waals surface area (Å²) in [5.41, 5.74) is 0.0780. The molecule has 4 rings (SSSR count). The van der Waals surface area contributed by atoms with Gasteiger partial charge in [-0.05, 0) is 43.5 Å². The second-order valence-corrected chi connectivity index (χ2v) is 8.75. The van der Waals surface area contributed by atoms with Gasteiger partial charge in [-0.2, -0.15) is 0 Å². The number of para-hydroxylation sites is 1. The van der Waals surface area contributed by atoms with Gasteiger partial charge in [0.15, 0.2) is 5.75 Å². The van der Waals surface area contributed by atoms with E-state index in [9.17, 15) is 19.5 Å². The standard InChI is InChI=1S/C22H22Cl2N4O4/c23-14-4-2-5-15(17(14)24)26-21(32)27-16-6-1-3-13(18(16)29)19(30)28-11-8-22(9-12-28)7-10-25-20(22)31/h1-6,29H,7-12H2,(H,25,31)(H2,26,27,32). The largest absolute Gasteiger partial charge is 0.505 e. The maximum absolute atomic E-state index is 13.0. The molecule has 4 N–H and O–H groups in total. The molecule has 2 aromatic carbocycles. The fraction of sp³-hybridized carbons (Fsp3) is 0.318. The van der Waals surface area contributed by atoms with Crippen molar-refractivity contribution in [2.75, 3.05) is 30.3 Å². The zero-order chi connectivity index (χ0) is 22.9. The van der Waals surface area contributed by atoms with Crippen molar-refractivity contribution >= 4 is 52.4 Å². The highest BCUT2D eigenvalue weighted by atomic mass is 35.5. The predicted molar refractivity (Wildman–Crippen MR) is 122 cm³/mol. The number of benzene rings is 2. The molecule has 4 amide bonds. The van der Waals surface area contributed by atoms with Crippen molar-refractivity contribution in [3.8, 4) is 5.75 Å². The van der Waals surface area contributed by atoms with Crippen LogP contribution in [0.1, 0.15) is 29.6 Å². The first-order valence-electron chi connectivity index (χ1n) is 10.2. The van der Waals surface area contributed by atoms with Crippen LogP contribution in [0.5, 0.6) is 5.75 Å². The average Bonchev–Trinajstić information content (AvgIpc) is 3.12. The normalized spacial score (nSPS) is 17.2. The first-order chi connectivity index (χ1) is 15.3. The molecule has 0 aliphatic carbocycles. The number of urea groups is 1. The zero-order valence-corrected chi connectivity index (χ0v) is 18.6. The lowest BCUT2D eigenvalue weighted by Gasteiger charge is -2.37. The second-order valence-electron chi connectivity index (χ2n) is 7.96. The van der Waals surface area contributed by atoms with Crippen LogP contribution in [0.25, 0.3) is 0 Å². The summed E-state index contributed by atoms with van der Waals surface area (Å²) in [5.74, 6) is -0.620. The minimum atomic E-state index is -0.652. The Morgan fingerprint density at radius 2 is 1.66 bits per heavy atom. The van der Waals surface area contributed by atoms with Crippen molar-refractivity contribution in [1.29, 1.82) is 0 Å². The summed E-state index contributed by atoms with van der Waals surface area (Å²) in [5, 5.41) is 19.1. The number of piperidine rings is 1. The summed E-state index contributed by atoms with van der Waals surface area (Å²) in [7, 11) is 0. The SMILES string of the molecule is O=C(Nc1cccc(C(=O)N2CCC3(CCNC3=O)CC2)c1O)Nc1cccc(Cl)c1Cl. The van der Waals surface area contributed by atoms with E-state index in [0.717, 1.165) is 6.42 Å². The third-order valence-electron chi connectivity index (χ3n) is 6.09. The molecule has 2 heterocycles. The monoisotopic (exact) mass is 476 g/mol. The van der Waals surface area contributed by atoms with Gasteiger partial charge in [0.1, 0.15) is 0 Å². The third kappa shape index (κ3) is 4.20. The van der Waals surface area contributed by atoms with Gasteiger partial charge in [0.2, 0.25) is 5.91 Å². The lowest BCUT2D eigenvalue weighted by Crippen LogP contribution is -2.46. The minimum Gasteiger partial charge on any atom is -0.505 e. The van der Waals surface area contributed by atoms with Crippen molar-refractivity contribution in [3.63, 3.8) is 0 Å². The molecule has 0 atom stereocenters. The molecule has 0 aromatic heterocycles. The lowest BCUT2D eigenvalue weighted by atomic mass is 9.77. The Balaban J connectivity index is 1.44. The first-order valence-corrected chi connectivity index (χ1v) is 11.0. The van der Waals surface area contributed by atoms with Gasteiger partial charge in [-0.25, -0.2) is 4.79 Å². The number of hydrogen-bond donors (Lipinski definition) is 4. The number of carbonyl (C=O) groups is 3. The highest BCUT2D eigenvalue weighted by Crippen LogP contribution is 2.39. The molecule has 0 bridgehead atoms. The van der Waals surface area contributed by atoms with Crippen molar-refractivity contribution in [1.82, 2.24) is 10.2 Å². The number of hydrogen-bond acceptors (Lipinski definition) is 4. The Labute approximate surface area is 194 Å². The second kappa shape index (κ2) is 8.88. The molecule has 2 aliphatic rings. The van der Waals surface area contributed by atoms with Gasteiger partial charge in [-0.1, -0.05) is 35.3 Å². The maximum atomic E-state index is 13.0. The van der Waals surface area contributed by atoms with Gasteiger partial charge in [-0.3, -0.25) is 9.59 Å². The van der Waals surface area contributed by atoms with E-state index >= 15 is 0 Å². The van der Waals surface area contributed by atoms with E-state index in [1.54, 1.807) is 29.2 Å². The molecular formula is C22H22Cl2N4O4. The van der Waals surface area contributed by atoms with Crippen LogP contribution in [-0.2, 0) is 4.79 Å². The quantitative estimate of drug-likeness (QED) is 0.499. The van der Waals surface area contributed by atoms with Gasteiger partial charge in [0, 0.05) is 19.6 Å². The molecule has 0 radical (unpaired) electrons. The van der Waals surface area contributed by atoms with E-state index in [0.29, 0.717) is 43.2 Å². The van der Waals surface area contributed by atoms with E-state index in [4.69, 9.17) is 23.2 Å². The minimum absolute atomic E-state index is 0.0597. The molecule has 0 saturated carbocycles. The van der Waals surface area contributed by atoms with Crippen molar-refractivity contribution in [2.24, 2.45) is 5.41 Å². The Morgan fingerprint density at radius 3 is 2.34 bits per heavy atom. The van der Waals surface area contributed by atoms with Crippen LogP contribution in [0.4, 0.5) is 16.2 Å². The van der Waals surface area contributed by atoms with Gasteiger partial charge >= 0.3 is 6.03 Å². The first kappa shape index (κ1) is 22.2. The third-order valence-corrected chi connectivity index (χ3v) is 6.91. The summed E-state index contributed by atoms with van der Waals surface area (Å²) in [6.45, 7) is 1.53. The smallest absolute Gasteiger partial charge is 0.323 e. The molecular weight excluding hydrogens is 455 g/mol. The summed E-state index contributed by atoms with van der Waals surface area (Å²) in [6, 6.07) is 8.72. The number of nitrogens with one attached hydrogen (secondary N) is 3. The van der Waals surface area contributed by atoms with Crippen LogP contribution >= 0.6 is 23.2 Å². The molecule has 32 heavy (non-hydrogen) atoms. The van der Waals surface area contributed by atoms with Crippen molar-refractivity contribution in [2.45, 2.75) is 19.3 Å². The molecule has 10 heteroatoms. The molecule has 1 spiro atoms. The Morgan fingerprint density at radius 1 is 1.00 bits per heavy atom. The van der Waals surface area contributed by atoms with E-state index < -0.39 is 6.03 Å². The lowest BCUT2D eigenvalue weighted by molar-refractivity contribution is -0.129. The molecule has 2 fully saturated rings. The molecule has 0 unspecified atom stereocenters. The summed E-state index contributed by atoms with van der Waals surface area (Å²) in [6.07, 6.45) is 1.96. The number of carbonyl (C=O) groups excluding carboxylic acids is 3. The molecule has 2 aromatic rings. The number of halogens is 2. The Hall–Kier alpha value is -2.97. The van der Waals surface area contributed by atoms with Crippen LogP contribution in [0.15, 0.2) is 36.4 Å². The average molecular weight is 477 g/mol. The molecule has 8 nitrogen and oxygen atoms in total. The maximum Gasteiger partial charge on any atom is 0.323 e. The Kier molecular flexibility index (Phi) is 6.17. The molecule has 168 valence electrons. The van der Waals surface area contributed by atoms with E-state index in [1.165, 1.54) is 12.1 Å². The van der Waals surface area contributed by atoms with Crippen LogP contribution in [0.3, 0.4) is 0 Å². The topological polar surface area (TPSA) is 111 Å². The van der Waals surface area contributed by atoms with Crippen molar-refractivity contribution < 1.29 is 19.5 Å². The zero-order valence-electron chi connectivity index (χ0n) is 17.1. The van der Waals surface area contributed by atoms with E-state index in [2.05, 4.69) is 16.0 Å². The highest BCUT2D eigenvalue weighted by molar-refractivity contribution is 6.44. The summed E-state index contributed by atoms with van der Waals surface area (Å²) in [4.78, 5) is 39.2. The summed E-state index contributed by atoms with van der Waals surface area (Å²) >= 11 is 12.0. The number of nitrogens with zero attached hydrogens (tertiary/aromatic N) is 1. The fourth-order valence-electron chi connectivity index (χ4n) is 4.19. The number of likely N-dealkylation sites (tertiary alicyclic amines) is 1. The number of phenols is 1. The van der Waals surface area contributed by atoms with Crippen LogP contribution in [0.2, 0.25) is 10.0 Å². The summed E-state index contributed by atoms with van der Waals surface area (Å²) < 4.78 is 0. The Bertz CT molecular complexity index is 1080. The number of anilines is 2. The van der Waals surface area contributed by atoms with Gasteiger partial charge in [0.25, 0.3) is 5.91 Å². The van der Waals surface area contributed by atoms with Crippen LogP contribution in [0, 0.1) is 5.41 Å². The number of amides is 4. The number of phenolic OH excluding ortho intramolecular Hbond substituents is 1. The van der Waals surface area contributed by atoms with E-state index in [1.807, 2.05) is 0 Å². The van der Waals surface area contributed by atoms with Crippen molar-refractivity contribution in [3.05, 3.63) is 52.0 Å². The fourth-order valence-corrected chi connectivity index (χ4v) is 4.54. The predicted octanol–water partition coefficient (Wildman–Crippen LogP) is 4.09. The van der Waals surface area contributed by atoms with Gasteiger partial charge in [0.05, 0.1) is 32.4 Å². The number of rotatable bonds is 3. The molecule has 2 aliphatic heterocycles. The van der Waals surface area contributed by atoms with Crippen LogP contribution < -0.4 is 16.0 Å². The molecule has 2 saturated heterocycles. The van der Waals surface area contributed by atoms with Crippen LogP contribution in [-0.4, -0.2) is 47.5 Å². The van der Waals surface area contributed by atoms with Gasteiger partial charge in [-0.15, -0.1) is 0 Å². The number of aromatic hydroxyl groups is 1. The highest BCUT2D eigenvalue weighted by Gasteiger charge is 2.45. The van der Waals surface area contributed by atoms with Gasteiger partial charge < -0.3 is 26.0 Å². The van der Waals surface area contributed by atoms with E-state index in [-0.39, 0.29) is 39.3 Å².